The third-order valence-corrected chi connectivity index (χ3v) is 4.18. The fraction of sp³-hybridized carbons (Fsp3) is 0.364. The number of aliphatic carboxylic acids is 1. The van der Waals surface area contributed by atoms with Crippen molar-refractivity contribution in [3.05, 3.63) is 28.0 Å². The maximum Gasteiger partial charge on any atom is 0.313 e. The van der Waals surface area contributed by atoms with E-state index in [0.717, 1.165) is 15.9 Å². The van der Waals surface area contributed by atoms with Gasteiger partial charge in [0.2, 0.25) is 0 Å². The van der Waals surface area contributed by atoms with Gasteiger partial charge < -0.3 is 9.67 Å². The van der Waals surface area contributed by atoms with E-state index in [1.54, 1.807) is 17.5 Å². The van der Waals surface area contributed by atoms with E-state index in [1.165, 1.54) is 16.6 Å². The van der Waals surface area contributed by atoms with Crippen molar-refractivity contribution in [2.75, 3.05) is 5.75 Å². The molecule has 0 spiro atoms. The molecule has 2 heterocycles. The zero-order valence-electron chi connectivity index (χ0n) is 10.1. The van der Waals surface area contributed by atoms with Crippen molar-refractivity contribution in [3.63, 3.8) is 0 Å². The fourth-order valence-corrected chi connectivity index (χ4v) is 3.00. The largest absolute Gasteiger partial charge is 0.481 e. The average molecular weight is 283 g/mol. The van der Waals surface area contributed by atoms with Gasteiger partial charge in [-0.25, -0.2) is 9.97 Å². The van der Waals surface area contributed by atoms with Gasteiger partial charge in [-0.2, -0.15) is 0 Å². The molecule has 2 aromatic rings. The summed E-state index contributed by atoms with van der Waals surface area (Å²) in [6.07, 6.45) is 3.60. The molecule has 18 heavy (non-hydrogen) atoms. The third kappa shape index (κ3) is 3.11. The summed E-state index contributed by atoms with van der Waals surface area (Å²) in [5.41, 5.74) is 1.01. The highest BCUT2D eigenvalue weighted by Gasteiger charge is 2.11. The third-order valence-electron chi connectivity index (χ3n) is 2.31. The van der Waals surface area contributed by atoms with Crippen LogP contribution >= 0.6 is 23.1 Å². The van der Waals surface area contributed by atoms with Crippen LogP contribution in [0.25, 0.3) is 0 Å². The average Bonchev–Trinajstić information content (AvgIpc) is 2.85. The van der Waals surface area contributed by atoms with Gasteiger partial charge in [-0.05, 0) is 13.8 Å². The summed E-state index contributed by atoms with van der Waals surface area (Å²) in [6, 6.07) is 0. The summed E-state index contributed by atoms with van der Waals surface area (Å²) >= 11 is 2.87. The Morgan fingerprint density at radius 2 is 2.22 bits per heavy atom. The van der Waals surface area contributed by atoms with E-state index in [2.05, 4.69) is 9.97 Å². The number of aromatic nitrogens is 3. The fourth-order valence-electron chi connectivity index (χ4n) is 1.48. The number of hydrogen-bond donors (Lipinski definition) is 1. The molecule has 0 aliphatic carbocycles. The van der Waals surface area contributed by atoms with Crippen LogP contribution in [0.5, 0.6) is 0 Å². The van der Waals surface area contributed by atoms with Crippen molar-refractivity contribution < 1.29 is 9.90 Å². The smallest absolute Gasteiger partial charge is 0.313 e. The maximum absolute atomic E-state index is 10.6. The lowest BCUT2D eigenvalue weighted by Crippen LogP contribution is -2.05. The number of nitrogens with zero attached hydrogens (tertiary/aromatic N) is 3. The molecular formula is C11H13N3O2S2. The Labute approximate surface area is 113 Å². The summed E-state index contributed by atoms with van der Waals surface area (Å²) in [7, 11) is 0. The van der Waals surface area contributed by atoms with Gasteiger partial charge in [0.1, 0.15) is 5.01 Å². The van der Waals surface area contributed by atoms with Gasteiger partial charge in [0, 0.05) is 23.0 Å². The highest BCUT2D eigenvalue weighted by atomic mass is 32.2. The molecule has 0 aliphatic rings. The number of carboxylic acids is 1. The van der Waals surface area contributed by atoms with Gasteiger partial charge >= 0.3 is 5.97 Å². The lowest BCUT2D eigenvalue weighted by atomic mass is 10.5. The topological polar surface area (TPSA) is 68.0 Å². The molecule has 2 rings (SSSR count). The molecule has 0 atom stereocenters. The predicted molar refractivity (Wildman–Crippen MR) is 71.3 cm³/mol. The van der Waals surface area contributed by atoms with Crippen LogP contribution in [0.1, 0.15) is 15.6 Å². The summed E-state index contributed by atoms with van der Waals surface area (Å²) in [6.45, 7) is 4.62. The SMILES string of the molecule is Cc1cnc(Cn2c(C)cnc2SCC(=O)O)s1. The van der Waals surface area contributed by atoms with Crippen LogP contribution in [-0.4, -0.2) is 31.4 Å². The maximum atomic E-state index is 10.6. The van der Waals surface area contributed by atoms with Crippen LogP contribution in [0.15, 0.2) is 17.6 Å². The Morgan fingerprint density at radius 1 is 1.44 bits per heavy atom. The minimum Gasteiger partial charge on any atom is -0.481 e. The molecule has 0 fully saturated rings. The number of carbonyl (C=O) groups is 1. The normalized spacial score (nSPS) is 10.8. The number of hydrogen-bond acceptors (Lipinski definition) is 5. The molecule has 0 unspecified atom stereocenters. The van der Waals surface area contributed by atoms with Gasteiger partial charge in [0.15, 0.2) is 5.16 Å². The molecule has 0 saturated heterocycles. The predicted octanol–water partition coefficient (Wildman–Crippen LogP) is 2.18. The number of carboxylic acid groups (broad SMARTS) is 1. The van der Waals surface area contributed by atoms with E-state index in [1.807, 2.05) is 24.6 Å². The molecule has 0 bridgehead atoms. The van der Waals surface area contributed by atoms with Crippen molar-refractivity contribution in [1.82, 2.24) is 14.5 Å². The van der Waals surface area contributed by atoms with Crippen LogP contribution in [0.4, 0.5) is 0 Å². The number of rotatable bonds is 5. The Hall–Kier alpha value is -1.34. The molecule has 0 aliphatic heterocycles. The number of imidazole rings is 1. The Bertz CT molecular complexity index is 562. The second-order valence-corrected chi connectivity index (χ2v) is 6.08. The monoisotopic (exact) mass is 283 g/mol. The Morgan fingerprint density at radius 3 is 2.83 bits per heavy atom. The van der Waals surface area contributed by atoms with Gasteiger partial charge in [-0.1, -0.05) is 11.8 Å². The first-order valence-electron chi connectivity index (χ1n) is 5.34. The molecule has 1 N–H and O–H groups in total. The van der Waals surface area contributed by atoms with Crippen LogP contribution in [0.3, 0.4) is 0 Å². The molecule has 5 nitrogen and oxygen atoms in total. The van der Waals surface area contributed by atoms with Crippen molar-refractivity contribution in [2.24, 2.45) is 0 Å². The van der Waals surface area contributed by atoms with Crippen molar-refractivity contribution in [2.45, 2.75) is 25.5 Å². The van der Waals surface area contributed by atoms with E-state index >= 15 is 0 Å². The standard InChI is InChI=1S/C11H13N3O2S2/c1-7-3-13-11(17-6-10(15)16)14(7)5-9-12-4-8(2)18-9/h3-4H,5-6H2,1-2H3,(H,15,16). The van der Waals surface area contributed by atoms with Gasteiger partial charge in [0.25, 0.3) is 0 Å². The second kappa shape index (κ2) is 5.53. The number of aryl methyl sites for hydroxylation is 2. The molecule has 0 saturated carbocycles. The molecule has 0 radical (unpaired) electrons. The lowest BCUT2D eigenvalue weighted by molar-refractivity contribution is -0.133. The first-order chi connectivity index (χ1) is 8.56. The second-order valence-electron chi connectivity index (χ2n) is 3.82. The Balaban J connectivity index is 2.16. The van der Waals surface area contributed by atoms with Crippen molar-refractivity contribution in [3.8, 4) is 0 Å². The summed E-state index contributed by atoms with van der Waals surface area (Å²) in [4.78, 5) is 20.3. The lowest BCUT2D eigenvalue weighted by Gasteiger charge is -2.06. The minimum absolute atomic E-state index is 0.0212. The first-order valence-corrected chi connectivity index (χ1v) is 7.14. The van der Waals surface area contributed by atoms with E-state index in [0.29, 0.717) is 6.54 Å². The van der Waals surface area contributed by atoms with Crippen LogP contribution in [-0.2, 0) is 11.3 Å². The molecular weight excluding hydrogens is 270 g/mol. The highest BCUT2D eigenvalue weighted by Crippen LogP contribution is 2.21. The quantitative estimate of drug-likeness (QED) is 0.852. The summed E-state index contributed by atoms with van der Waals surface area (Å²) < 4.78 is 1.99. The number of thioether (sulfide) groups is 1. The summed E-state index contributed by atoms with van der Waals surface area (Å²) in [5, 5.41) is 10.4. The van der Waals surface area contributed by atoms with Gasteiger partial charge in [0.05, 0.1) is 12.3 Å². The molecule has 7 heteroatoms. The molecule has 2 aromatic heterocycles. The minimum atomic E-state index is -0.836. The van der Waals surface area contributed by atoms with E-state index in [-0.39, 0.29) is 5.75 Å². The van der Waals surface area contributed by atoms with Crippen molar-refractivity contribution >= 4 is 29.1 Å². The van der Waals surface area contributed by atoms with Crippen LogP contribution < -0.4 is 0 Å². The molecule has 0 amide bonds. The number of thiazole rings is 1. The van der Waals surface area contributed by atoms with Crippen LogP contribution in [0, 0.1) is 13.8 Å². The van der Waals surface area contributed by atoms with E-state index in [9.17, 15) is 4.79 Å². The van der Waals surface area contributed by atoms with Crippen molar-refractivity contribution in [1.29, 1.82) is 0 Å². The zero-order valence-corrected chi connectivity index (χ0v) is 11.7. The molecule has 96 valence electrons. The zero-order chi connectivity index (χ0) is 13.1. The Kier molecular flexibility index (Phi) is 4.03. The van der Waals surface area contributed by atoms with Crippen LogP contribution in [0.2, 0.25) is 0 Å². The molecule has 0 aromatic carbocycles. The van der Waals surface area contributed by atoms with E-state index in [4.69, 9.17) is 5.11 Å². The van der Waals surface area contributed by atoms with Gasteiger partial charge in [-0.3, -0.25) is 4.79 Å². The summed E-state index contributed by atoms with van der Waals surface area (Å²) in [5.74, 6) is -0.815. The van der Waals surface area contributed by atoms with E-state index < -0.39 is 5.97 Å². The highest BCUT2D eigenvalue weighted by molar-refractivity contribution is 7.99. The first kappa shape index (κ1) is 13.1. The van der Waals surface area contributed by atoms with Gasteiger partial charge in [-0.15, -0.1) is 11.3 Å².